The first kappa shape index (κ1) is 26.7. The van der Waals surface area contributed by atoms with Gasteiger partial charge in [0.2, 0.25) is 0 Å². The quantitative estimate of drug-likeness (QED) is 0.127. The fourth-order valence-electron chi connectivity index (χ4n) is 0. The fraction of sp³-hybridized carbons (Fsp3) is 0. The van der Waals surface area contributed by atoms with Crippen LogP contribution in [0.5, 0.6) is 0 Å². The molecule has 0 aromatic carbocycles. The molecule has 0 radical (unpaired) electrons. The normalized spacial score (nSPS) is 9.00. The van der Waals surface area contributed by atoms with E-state index in [4.69, 9.17) is 36.4 Å². The van der Waals surface area contributed by atoms with Gasteiger partial charge in [0.1, 0.15) is 0 Å². The molecule has 0 saturated carbocycles. The van der Waals surface area contributed by atoms with Gasteiger partial charge in [-0.25, -0.2) is 0 Å². The molecular formula is AlI3O12. The Labute approximate surface area is 125 Å². The molecular weight excluding hydrogens is 600 g/mol. The van der Waals surface area contributed by atoms with Gasteiger partial charge in [0.15, 0.2) is 0 Å². The SMILES string of the molecule is [Al+3].[O-]O[I+2]([O-])[O-].[O-]O[I+2]([O-])[O-].[O-]O[I+2]([O-])[O-]. The first-order valence-corrected chi connectivity index (χ1v) is 9.82. The third-order valence-corrected chi connectivity index (χ3v) is 1.04. The van der Waals surface area contributed by atoms with E-state index in [0.29, 0.717) is 0 Å². The predicted octanol–water partition coefficient (Wildman–Crippen LogP) is -20.3. The zero-order valence-electron chi connectivity index (χ0n) is 6.61. The molecule has 0 aliphatic heterocycles. The topological polar surface area (TPSA) is 235 Å². The summed E-state index contributed by atoms with van der Waals surface area (Å²) in [5.74, 6) is 0. The smallest absolute Gasteiger partial charge is 0.639 e. The third kappa shape index (κ3) is 55.5. The Morgan fingerprint density at radius 2 is 0.562 bits per heavy atom. The van der Waals surface area contributed by atoms with Crippen LogP contribution in [0.2, 0.25) is 0 Å². The van der Waals surface area contributed by atoms with Crippen molar-refractivity contribution in [3.63, 3.8) is 0 Å². The molecule has 0 aliphatic rings. The third-order valence-electron chi connectivity index (χ3n) is 0.154. The average Bonchev–Trinajstić information content (AvgIpc) is 2.19. The van der Waals surface area contributed by atoms with Crippen LogP contribution in [0.15, 0.2) is 0 Å². The Balaban J connectivity index is -0.0000000655. The van der Waals surface area contributed by atoms with E-state index in [9.17, 15) is 0 Å². The molecule has 96 valence electrons. The molecule has 0 N–H and O–H groups in total. The molecule has 0 fully saturated rings. The van der Waals surface area contributed by atoms with E-state index < -0.39 is 63.2 Å². The first-order valence-electron chi connectivity index (χ1n) is 1.89. The molecule has 0 aliphatic carbocycles. The van der Waals surface area contributed by atoms with Gasteiger partial charge in [-0.2, -0.15) is 0 Å². The van der Waals surface area contributed by atoms with Crippen LogP contribution in [0.1, 0.15) is 0 Å². The van der Waals surface area contributed by atoms with E-state index in [1.807, 2.05) is 0 Å². The van der Waals surface area contributed by atoms with Gasteiger partial charge >= 0.3 is 80.6 Å². The number of halogens is 3. The molecule has 0 atom stereocenters. The molecule has 0 aromatic heterocycles. The van der Waals surface area contributed by atoms with Crippen LogP contribution in [0.4, 0.5) is 0 Å². The summed E-state index contributed by atoms with van der Waals surface area (Å²) in [6.45, 7) is 0. The largest absolute Gasteiger partial charge is 3.00 e. The summed E-state index contributed by atoms with van der Waals surface area (Å²) in [5.41, 5.74) is 0. The maximum atomic E-state index is 8.96. The summed E-state index contributed by atoms with van der Waals surface area (Å²) >= 11 is -11.5. The fourth-order valence-corrected chi connectivity index (χ4v) is 0. The summed E-state index contributed by atoms with van der Waals surface area (Å²) in [7, 11) is 0. The molecule has 0 saturated heterocycles. The van der Waals surface area contributed by atoms with Crippen LogP contribution in [0.25, 0.3) is 0 Å². The van der Waals surface area contributed by atoms with E-state index in [1.54, 1.807) is 0 Å². The maximum Gasteiger partial charge on any atom is 3.00 e. The molecule has 12 nitrogen and oxygen atoms in total. The van der Waals surface area contributed by atoms with E-state index in [-0.39, 0.29) is 17.4 Å². The van der Waals surface area contributed by atoms with Crippen molar-refractivity contribution in [2.24, 2.45) is 0 Å². The molecule has 16 heavy (non-hydrogen) atoms. The second-order valence-electron chi connectivity index (χ2n) is 0.756. The Kier molecular flexibility index (Phi) is 37.5. The molecule has 0 amide bonds. The molecule has 0 heterocycles. The van der Waals surface area contributed by atoms with Crippen LogP contribution in [0.3, 0.4) is 0 Å². The maximum absolute atomic E-state index is 8.96. The van der Waals surface area contributed by atoms with Gasteiger partial charge in [-0.05, 0) is 0 Å². The zero-order chi connectivity index (χ0) is 12.9. The summed E-state index contributed by atoms with van der Waals surface area (Å²) in [5, 5.41) is 25.7. The number of hydrogen-bond acceptors (Lipinski definition) is 12. The Morgan fingerprint density at radius 1 is 0.500 bits per heavy atom. The second-order valence-corrected chi connectivity index (χ2v) is 5.07. The monoisotopic (exact) mass is 600 g/mol. The Hall–Kier alpha value is 2.24. The van der Waals surface area contributed by atoms with Gasteiger partial charge in [0.25, 0.3) is 0 Å². The van der Waals surface area contributed by atoms with E-state index in [1.165, 1.54) is 0 Å². The first-order chi connectivity index (χ1) is 6.81. The predicted molar refractivity (Wildman–Crippen MR) is 9.01 cm³/mol. The molecule has 0 aromatic rings. The van der Waals surface area contributed by atoms with Crippen molar-refractivity contribution in [3.05, 3.63) is 0 Å². The minimum Gasteiger partial charge on any atom is -0.639 e. The van der Waals surface area contributed by atoms with Gasteiger partial charge in [-0.3, -0.25) is 0 Å². The van der Waals surface area contributed by atoms with Crippen molar-refractivity contribution in [3.8, 4) is 0 Å². The van der Waals surface area contributed by atoms with Gasteiger partial charge in [-0.15, -0.1) is 0 Å². The van der Waals surface area contributed by atoms with Crippen molar-refractivity contribution in [1.29, 1.82) is 0 Å². The molecule has 16 heteroatoms. The van der Waals surface area contributed by atoms with Crippen LogP contribution < -0.4 is 99.6 Å². The van der Waals surface area contributed by atoms with E-state index in [0.717, 1.165) is 0 Å². The van der Waals surface area contributed by atoms with Crippen molar-refractivity contribution in [2.45, 2.75) is 0 Å². The van der Waals surface area contributed by atoms with Gasteiger partial charge in [0, 0.05) is 0 Å². The average molecular weight is 600 g/mol. The van der Waals surface area contributed by atoms with Crippen molar-refractivity contribution in [1.82, 2.24) is 0 Å². The van der Waals surface area contributed by atoms with E-state index in [2.05, 4.69) is 9.65 Å². The summed E-state index contributed by atoms with van der Waals surface area (Å²) < 4.78 is 61.4. The standard InChI is InChI=1S/Al.3HIO4/c;3*2-1(3)5-4/h;3*4H/q+3;;;/p-3. The molecule has 0 unspecified atom stereocenters. The number of rotatable bonds is 3. The molecule has 0 bridgehead atoms. The van der Waals surface area contributed by atoms with Crippen molar-refractivity contribution in [2.75, 3.05) is 0 Å². The van der Waals surface area contributed by atoms with Crippen LogP contribution in [0, 0.1) is 0 Å². The summed E-state index contributed by atoms with van der Waals surface area (Å²) in [4.78, 5) is 0. The summed E-state index contributed by atoms with van der Waals surface area (Å²) in [6, 6.07) is 0. The van der Waals surface area contributed by atoms with Crippen molar-refractivity contribution < 1.29 is 109 Å². The Bertz CT molecular complexity index is 77.2. The number of hydrogen-bond donors (Lipinski definition) is 0. The van der Waals surface area contributed by atoms with Gasteiger partial charge < -0.3 is 36.4 Å². The van der Waals surface area contributed by atoms with E-state index >= 15 is 0 Å². The summed E-state index contributed by atoms with van der Waals surface area (Å²) in [6.07, 6.45) is 0. The van der Waals surface area contributed by atoms with Gasteiger partial charge in [-0.1, -0.05) is 9.65 Å². The minimum absolute atomic E-state index is 0. The molecule has 0 rings (SSSR count). The van der Waals surface area contributed by atoms with Crippen LogP contribution in [-0.4, -0.2) is 17.4 Å². The van der Waals surface area contributed by atoms with Crippen LogP contribution in [-0.2, 0) is 9.65 Å². The zero-order valence-corrected chi connectivity index (χ0v) is 14.2. The Morgan fingerprint density at radius 3 is 0.562 bits per heavy atom. The van der Waals surface area contributed by atoms with Gasteiger partial charge in [0.05, 0.1) is 0 Å². The second kappa shape index (κ2) is 22.4. The molecule has 0 spiro atoms. The van der Waals surface area contributed by atoms with Crippen molar-refractivity contribution >= 4 is 17.4 Å². The van der Waals surface area contributed by atoms with Crippen LogP contribution >= 0.6 is 0 Å². The minimum atomic E-state index is -3.84.